The molecular weight excluding hydrogens is 218 g/mol. The molecule has 4 nitrogen and oxygen atoms in total. The summed E-state index contributed by atoms with van der Waals surface area (Å²) in [6, 6.07) is 0. The molecule has 0 aromatic rings. The Bertz CT molecular complexity index is 290. The third kappa shape index (κ3) is 2.80. The van der Waals surface area contributed by atoms with E-state index in [1.54, 1.807) is 0 Å². The molecule has 0 amide bonds. The number of ether oxygens (including phenoxy) is 2. The van der Waals surface area contributed by atoms with Crippen LogP contribution in [-0.2, 0) is 14.3 Å². The number of hydrogen-bond donors (Lipinski definition) is 1. The lowest BCUT2D eigenvalue weighted by molar-refractivity contribution is -0.165. The molecule has 2 fully saturated rings. The second kappa shape index (κ2) is 4.58. The lowest BCUT2D eigenvalue weighted by Gasteiger charge is -2.37. The summed E-state index contributed by atoms with van der Waals surface area (Å²) in [5.41, 5.74) is -0.327. The number of rotatable bonds is 1. The molecule has 0 saturated carbocycles. The van der Waals surface area contributed by atoms with Gasteiger partial charge in [-0.3, -0.25) is 4.79 Å². The van der Waals surface area contributed by atoms with Gasteiger partial charge < -0.3 is 14.8 Å². The number of carbonyl (C=O) groups excluding carboxylic acids is 1. The van der Waals surface area contributed by atoms with Crippen LogP contribution in [0.5, 0.6) is 0 Å². The maximum Gasteiger partial charge on any atom is 0.311 e. The second-order valence-electron chi connectivity index (χ2n) is 6.19. The average molecular weight is 241 g/mol. The molecule has 98 valence electrons. The molecule has 4 heteroatoms. The lowest BCUT2D eigenvalue weighted by atomic mass is 9.72. The van der Waals surface area contributed by atoms with Gasteiger partial charge in [0.05, 0.1) is 5.92 Å². The SMILES string of the molecule is CC(C)(C)OC(=O)C1CNCC12CCOCC2. The zero-order valence-corrected chi connectivity index (χ0v) is 11.0. The molecule has 2 heterocycles. The van der Waals surface area contributed by atoms with Crippen molar-refractivity contribution in [3.8, 4) is 0 Å². The van der Waals surface area contributed by atoms with Crippen molar-refractivity contribution in [2.24, 2.45) is 11.3 Å². The Morgan fingerprint density at radius 3 is 2.59 bits per heavy atom. The Balaban J connectivity index is 2.06. The lowest BCUT2D eigenvalue weighted by Crippen LogP contribution is -2.42. The predicted octanol–water partition coefficient (Wildman–Crippen LogP) is 1.34. The molecule has 2 aliphatic heterocycles. The highest BCUT2D eigenvalue weighted by Crippen LogP contribution is 2.41. The Hall–Kier alpha value is -0.610. The van der Waals surface area contributed by atoms with Gasteiger partial charge in [0.2, 0.25) is 0 Å². The van der Waals surface area contributed by atoms with Gasteiger partial charge in [0.1, 0.15) is 5.60 Å². The fraction of sp³-hybridized carbons (Fsp3) is 0.923. The summed E-state index contributed by atoms with van der Waals surface area (Å²) >= 11 is 0. The summed E-state index contributed by atoms with van der Waals surface area (Å²) in [6.07, 6.45) is 1.92. The van der Waals surface area contributed by atoms with Gasteiger partial charge in [-0.2, -0.15) is 0 Å². The van der Waals surface area contributed by atoms with Crippen molar-refractivity contribution in [1.29, 1.82) is 0 Å². The van der Waals surface area contributed by atoms with E-state index in [4.69, 9.17) is 9.47 Å². The van der Waals surface area contributed by atoms with Gasteiger partial charge in [0, 0.05) is 31.7 Å². The standard InChI is InChI=1S/C13H23NO3/c1-12(2,3)17-11(15)10-8-14-9-13(10)4-6-16-7-5-13/h10,14H,4-9H2,1-3H3. The van der Waals surface area contributed by atoms with E-state index >= 15 is 0 Å². The summed E-state index contributed by atoms with van der Waals surface area (Å²) < 4.78 is 10.9. The Labute approximate surface area is 103 Å². The Kier molecular flexibility index (Phi) is 3.46. The highest BCUT2D eigenvalue weighted by molar-refractivity contribution is 5.74. The molecule has 1 N–H and O–H groups in total. The summed E-state index contributed by atoms with van der Waals surface area (Å²) in [4.78, 5) is 12.2. The highest BCUT2D eigenvalue weighted by atomic mass is 16.6. The van der Waals surface area contributed by atoms with Gasteiger partial charge in [-0.1, -0.05) is 0 Å². The normalized spacial score (nSPS) is 28.3. The van der Waals surface area contributed by atoms with Crippen LogP contribution in [0.25, 0.3) is 0 Å². The van der Waals surface area contributed by atoms with Crippen LogP contribution in [0.3, 0.4) is 0 Å². The average Bonchev–Trinajstić information content (AvgIpc) is 2.60. The summed E-state index contributed by atoms with van der Waals surface area (Å²) in [7, 11) is 0. The molecule has 0 aliphatic carbocycles. The minimum Gasteiger partial charge on any atom is -0.460 e. The number of hydrogen-bond acceptors (Lipinski definition) is 4. The molecule has 1 spiro atoms. The van der Waals surface area contributed by atoms with E-state index in [9.17, 15) is 4.79 Å². The van der Waals surface area contributed by atoms with Crippen LogP contribution in [0.2, 0.25) is 0 Å². The quantitative estimate of drug-likeness (QED) is 0.704. The first kappa shape index (κ1) is 12.8. The Morgan fingerprint density at radius 1 is 1.35 bits per heavy atom. The van der Waals surface area contributed by atoms with Crippen molar-refractivity contribution >= 4 is 5.97 Å². The molecule has 0 aromatic carbocycles. The van der Waals surface area contributed by atoms with E-state index in [1.807, 2.05) is 20.8 Å². The molecule has 2 rings (SSSR count). The largest absolute Gasteiger partial charge is 0.460 e. The first-order chi connectivity index (χ1) is 7.93. The molecular formula is C13H23NO3. The van der Waals surface area contributed by atoms with Crippen LogP contribution in [0, 0.1) is 11.3 Å². The molecule has 2 saturated heterocycles. The zero-order chi connectivity index (χ0) is 12.5. The van der Waals surface area contributed by atoms with Crippen LogP contribution in [-0.4, -0.2) is 37.9 Å². The van der Waals surface area contributed by atoms with E-state index in [-0.39, 0.29) is 17.3 Å². The number of nitrogens with one attached hydrogen (secondary N) is 1. The number of carbonyl (C=O) groups is 1. The molecule has 1 atom stereocenters. The molecule has 0 radical (unpaired) electrons. The van der Waals surface area contributed by atoms with Crippen LogP contribution in [0.4, 0.5) is 0 Å². The second-order valence-corrected chi connectivity index (χ2v) is 6.19. The molecule has 2 aliphatic rings. The van der Waals surface area contributed by atoms with Gasteiger partial charge in [0.25, 0.3) is 0 Å². The maximum atomic E-state index is 12.2. The molecule has 17 heavy (non-hydrogen) atoms. The molecule has 0 aromatic heterocycles. The van der Waals surface area contributed by atoms with Crippen LogP contribution in [0.1, 0.15) is 33.6 Å². The van der Waals surface area contributed by atoms with Gasteiger partial charge >= 0.3 is 5.97 Å². The minimum atomic E-state index is -0.397. The smallest absolute Gasteiger partial charge is 0.311 e. The van der Waals surface area contributed by atoms with E-state index in [0.29, 0.717) is 0 Å². The van der Waals surface area contributed by atoms with Gasteiger partial charge in [-0.05, 0) is 33.6 Å². The summed E-state index contributed by atoms with van der Waals surface area (Å²) in [6.45, 7) is 8.95. The van der Waals surface area contributed by atoms with Gasteiger partial charge in [-0.25, -0.2) is 0 Å². The number of esters is 1. The van der Waals surface area contributed by atoms with Crippen molar-refractivity contribution in [2.45, 2.75) is 39.2 Å². The fourth-order valence-corrected chi connectivity index (χ4v) is 2.81. The monoisotopic (exact) mass is 241 g/mol. The Morgan fingerprint density at radius 2 is 2.00 bits per heavy atom. The van der Waals surface area contributed by atoms with Gasteiger partial charge in [-0.15, -0.1) is 0 Å². The van der Waals surface area contributed by atoms with E-state index in [1.165, 1.54) is 0 Å². The summed E-state index contributed by atoms with van der Waals surface area (Å²) in [5.74, 6) is -0.0602. The molecule has 0 bridgehead atoms. The van der Waals surface area contributed by atoms with E-state index < -0.39 is 5.60 Å². The maximum absolute atomic E-state index is 12.2. The third-order valence-electron chi connectivity index (χ3n) is 3.74. The van der Waals surface area contributed by atoms with Crippen molar-refractivity contribution < 1.29 is 14.3 Å². The van der Waals surface area contributed by atoms with Gasteiger partial charge in [0.15, 0.2) is 0 Å². The van der Waals surface area contributed by atoms with Crippen LogP contribution < -0.4 is 5.32 Å². The minimum absolute atomic E-state index is 0.00868. The fourth-order valence-electron chi connectivity index (χ4n) is 2.81. The highest BCUT2D eigenvalue weighted by Gasteiger charge is 2.48. The van der Waals surface area contributed by atoms with Crippen molar-refractivity contribution in [3.63, 3.8) is 0 Å². The third-order valence-corrected chi connectivity index (χ3v) is 3.74. The van der Waals surface area contributed by atoms with Crippen molar-refractivity contribution in [3.05, 3.63) is 0 Å². The van der Waals surface area contributed by atoms with E-state index in [0.717, 1.165) is 39.1 Å². The first-order valence-corrected chi connectivity index (χ1v) is 6.44. The van der Waals surface area contributed by atoms with Crippen LogP contribution in [0.15, 0.2) is 0 Å². The van der Waals surface area contributed by atoms with E-state index in [2.05, 4.69) is 5.32 Å². The van der Waals surface area contributed by atoms with Crippen molar-refractivity contribution in [2.75, 3.05) is 26.3 Å². The van der Waals surface area contributed by atoms with Crippen molar-refractivity contribution in [1.82, 2.24) is 5.32 Å². The topological polar surface area (TPSA) is 47.6 Å². The first-order valence-electron chi connectivity index (χ1n) is 6.44. The van der Waals surface area contributed by atoms with Crippen LogP contribution >= 0.6 is 0 Å². The predicted molar refractivity (Wildman–Crippen MR) is 64.7 cm³/mol. The molecule has 1 unspecified atom stereocenters. The summed E-state index contributed by atoms with van der Waals surface area (Å²) in [5, 5.41) is 3.34. The zero-order valence-electron chi connectivity index (χ0n) is 11.0.